The lowest BCUT2D eigenvalue weighted by molar-refractivity contribution is 0.255. The Morgan fingerprint density at radius 1 is 0.818 bits per heavy atom. The van der Waals surface area contributed by atoms with Crippen LogP contribution in [0, 0.1) is 0 Å². The van der Waals surface area contributed by atoms with E-state index in [0.29, 0.717) is 10.0 Å². The average molecular weight is 497 g/mol. The molecule has 7 heteroatoms. The Balaban J connectivity index is 1.18. The summed E-state index contributed by atoms with van der Waals surface area (Å²) in [4.78, 5) is 6.17. The van der Waals surface area contributed by atoms with E-state index < -0.39 is 0 Å². The summed E-state index contributed by atoms with van der Waals surface area (Å²) < 4.78 is 2.08. The van der Waals surface area contributed by atoms with Gasteiger partial charge in [-0.1, -0.05) is 47.5 Å². The van der Waals surface area contributed by atoms with Gasteiger partial charge in [-0.25, -0.2) is 4.68 Å². The smallest absolute Gasteiger partial charge is 0.0843 e. The minimum atomic E-state index is 0.607. The quantitative estimate of drug-likeness (QED) is 0.285. The second kappa shape index (κ2) is 10.3. The number of aromatic nitrogens is 2. The van der Waals surface area contributed by atoms with Crippen molar-refractivity contribution in [2.45, 2.75) is 12.8 Å². The van der Waals surface area contributed by atoms with Crippen molar-refractivity contribution < 1.29 is 0 Å². The van der Waals surface area contributed by atoms with Gasteiger partial charge in [-0.15, -0.1) is 11.3 Å². The van der Waals surface area contributed by atoms with Crippen LogP contribution >= 0.6 is 34.5 Å². The molecule has 0 amide bonds. The van der Waals surface area contributed by atoms with Crippen LogP contribution in [-0.4, -0.2) is 47.4 Å². The average Bonchev–Trinajstić information content (AvgIpc) is 3.52. The summed E-state index contributed by atoms with van der Waals surface area (Å²) in [5.41, 5.74) is 4.57. The van der Waals surface area contributed by atoms with Crippen LogP contribution in [-0.2, 0) is 6.42 Å². The number of nitrogens with zero attached hydrogens (tertiary/aromatic N) is 4. The number of halogens is 2. The fourth-order valence-corrected chi connectivity index (χ4v) is 5.33. The normalized spacial score (nSPS) is 14.7. The molecule has 0 spiro atoms. The molecule has 2 aromatic carbocycles. The van der Waals surface area contributed by atoms with Crippen molar-refractivity contribution >= 4 is 40.2 Å². The summed E-state index contributed by atoms with van der Waals surface area (Å²) in [6, 6.07) is 22.8. The Morgan fingerprint density at radius 3 is 2.36 bits per heavy atom. The first-order valence-electron chi connectivity index (χ1n) is 11.3. The maximum Gasteiger partial charge on any atom is 0.0843 e. The van der Waals surface area contributed by atoms with Gasteiger partial charge in [0.15, 0.2) is 0 Å². The maximum absolute atomic E-state index is 6.20. The van der Waals surface area contributed by atoms with Gasteiger partial charge >= 0.3 is 0 Å². The molecule has 1 aliphatic heterocycles. The molecule has 0 aliphatic carbocycles. The van der Waals surface area contributed by atoms with Crippen LogP contribution < -0.4 is 4.90 Å². The molecule has 0 unspecified atom stereocenters. The first kappa shape index (κ1) is 22.5. The molecular weight excluding hydrogens is 471 g/mol. The number of anilines is 1. The van der Waals surface area contributed by atoms with Gasteiger partial charge in [0, 0.05) is 31.9 Å². The fourth-order valence-electron chi connectivity index (χ4n) is 4.31. The Morgan fingerprint density at radius 2 is 1.64 bits per heavy atom. The van der Waals surface area contributed by atoms with Gasteiger partial charge in [-0.2, -0.15) is 5.10 Å². The molecule has 4 aromatic rings. The van der Waals surface area contributed by atoms with Crippen molar-refractivity contribution in [2.75, 3.05) is 37.6 Å². The molecule has 5 rings (SSSR count). The Labute approximate surface area is 209 Å². The lowest BCUT2D eigenvalue weighted by Crippen LogP contribution is -2.46. The molecule has 1 aliphatic rings. The van der Waals surface area contributed by atoms with Gasteiger partial charge in [0.05, 0.1) is 32.0 Å². The number of piperazine rings is 1. The van der Waals surface area contributed by atoms with Crippen LogP contribution in [0.3, 0.4) is 0 Å². The van der Waals surface area contributed by atoms with Gasteiger partial charge < -0.3 is 4.90 Å². The lowest BCUT2D eigenvalue weighted by atomic mass is 10.2. The van der Waals surface area contributed by atoms with E-state index in [9.17, 15) is 0 Å². The first-order chi connectivity index (χ1) is 16.2. The highest BCUT2D eigenvalue weighted by Crippen LogP contribution is 2.29. The minimum absolute atomic E-state index is 0.607. The van der Waals surface area contributed by atoms with E-state index in [1.807, 2.05) is 18.2 Å². The number of rotatable bonds is 7. The van der Waals surface area contributed by atoms with Crippen LogP contribution in [0.2, 0.25) is 10.0 Å². The van der Waals surface area contributed by atoms with Gasteiger partial charge in [0.1, 0.15) is 0 Å². The number of hydrogen-bond acceptors (Lipinski definition) is 4. The summed E-state index contributed by atoms with van der Waals surface area (Å²) in [5.74, 6) is 0. The lowest BCUT2D eigenvalue weighted by Gasteiger charge is -2.36. The van der Waals surface area contributed by atoms with E-state index in [-0.39, 0.29) is 0 Å². The molecular formula is C26H26Cl2N4S. The Hall–Kier alpha value is -2.31. The summed E-state index contributed by atoms with van der Waals surface area (Å²) in [6.45, 7) is 5.20. The zero-order valence-corrected chi connectivity index (χ0v) is 20.7. The number of aryl methyl sites for hydroxylation is 1. The number of benzene rings is 2. The van der Waals surface area contributed by atoms with E-state index in [4.69, 9.17) is 28.3 Å². The Kier molecular flexibility index (Phi) is 7.02. The maximum atomic E-state index is 6.20. The summed E-state index contributed by atoms with van der Waals surface area (Å²) in [5, 5.41) is 8.31. The van der Waals surface area contributed by atoms with Gasteiger partial charge in [-0.05, 0) is 67.2 Å². The van der Waals surface area contributed by atoms with E-state index in [2.05, 4.69) is 68.4 Å². The fraction of sp³-hybridized carbons (Fsp3) is 0.269. The molecule has 0 N–H and O–H groups in total. The third-order valence-electron chi connectivity index (χ3n) is 6.08. The largest absolute Gasteiger partial charge is 0.369 e. The number of para-hydroxylation sites is 1. The minimum Gasteiger partial charge on any atom is -0.369 e. The highest BCUT2D eigenvalue weighted by molar-refractivity contribution is 7.13. The van der Waals surface area contributed by atoms with Crippen molar-refractivity contribution in [1.82, 2.24) is 14.7 Å². The van der Waals surface area contributed by atoms with Gasteiger partial charge in [0.25, 0.3) is 0 Å². The monoisotopic (exact) mass is 496 g/mol. The topological polar surface area (TPSA) is 24.3 Å². The molecule has 0 atom stereocenters. The van der Waals surface area contributed by atoms with Crippen LogP contribution in [0.5, 0.6) is 0 Å². The van der Waals surface area contributed by atoms with Crippen LogP contribution in [0.25, 0.3) is 16.3 Å². The summed E-state index contributed by atoms with van der Waals surface area (Å²) in [7, 11) is 0. The predicted molar refractivity (Wildman–Crippen MR) is 140 cm³/mol. The van der Waals surface area contributed by atoms with Crippen molar-refractivity contribution in [3.63, 3.8) is 0 Å². The number of thiophene rings is 1. The van der Waals surface area contributed by atoms with E-state index >= 15 is 0 Å². The van der Waals surface area contributed by atoms with Crippen molar-refractivity contribution in [3.8, 4) is 16.3 Å². The molecule has 3 heterocycles. The van der Waals surface area contributed by atoms with Crippen molar-refractivity contribution in [2.24, 2.45) is 0 Å². The SMILES string of the molecule is Clc1ccc(N2CCN(CCCc3cc(-c4cccs4)n(-c4ccccc4)n3)CC2)cc1Cl. The third kappa shape index (κ3) is 5.28. The molecule has 33 heavy (non-hydrogen) atoms. The molecule has 2 aromatic heterocycles. The predicted octanol–water partition coefficient (Wildman–Crippen LogP) is 6.66. The summed E-state index contributed by atoms with van der Waals surface area (Å²) >= 11 is 14.0. The highest BCUT2D eigenvalue weighted by atomic mass is 35.5. The zero-order chi connectivity index (χ0) is 22.6. The van der Waals surface area contributed by atoms with E-state index in [1.165, 1.54) is 10.6 Å². The van der Waals surface area contributed by atoms with E-state index in [1.54, 1.807) is 11.3 Å². The molecule has 4 nitrogen and oxygen atoms in total. The standard InChI is InChI=1S/C26H26Cl2N4S/c27-23-11-10-22(19-24(23)28)31-15-13-30(14-16-31)12-4-6-20-18-25(26-9-5-17-33-26)32(29-20)21-7-2-1-3-8-21/h1-3,5,7-11,17-19H,4,6,12-16H2. The highest BCUT2D eigenvalue weighted by Gasteiger charge is 2.18. The first-order valence-corrected chi connectivity index (χ1v) is 12.9. The van der Waals surface area contributed by atoms with Crippen molar-refractivity contribution in [3.05, 3.63) is 87.8 Å². The van der Waals surface area contributed by atoms with Crippen LogP contribution in [0.15, 0.2) is 72.1 Å². The molecule has 170 valence electrons. The molecule has 1 fully saturated rings. The second-order valence-electron chi connectivity index (χ2n) is 8.28. The van der Waals surface area contributed by atoms with Gasteiger partial charge in [0.2, 0.25) is 0 Å². The van der Waals surface area contributed by atoms with Crippen molar-refractivity contribution in [1.29, 1.82) is 0 Å². The molecule has 0 saturated carbocycles. The van der Waals surface area contributed by atoms with Gasteiger partial charge in [-0.3, -0.25) is 4.90 Å². The number of hydrogen-bond donors (Lipinski definition) is 0. The third-order valence-corrected chi connectivity index (χ3v) is 7.71. The Bertz CT molecular complexity index is 1180. The zero-order valence-electron chi connectivity index (χ0n) is 18.3. The molecule has 0 radical (unpaired) electrons. The summed E-state index contributed by atoms with van der Waals surface area (Å²) in [6.07, 6.45) is 2.08. The van der Waals surface area contributed by atoms with Crippen LogP contribution in [0.4, 0.5) is 5.69 Å². The molecule has 0 bridgehead atoms. The second-order valence-corrected chi connectivity index (χ2v) is 10.0. The van der Waals surface area contributed by atoms with Crippen LogP contribution in [0.1, 0.15) is 12.1 Å². The molecule has 1 saturated heterocycles. The van der Waals surface area contributed by atoms with E-state index in [0.717, 1.165) is 62.6 Å².